The molecule has 2 aromatic heterocycles. The van der Waals surface area contributed by atoms with Crippen molar-refractivity contribution < 1.29 is 13.6 Å². The average Bonchev–Trinajstić information content (AvgIpc) is 3.38. The Morgan fingerprint density at radius 2 is 1.71 bits per heavy atom. The second kappa shape index (κ2) is 7.69. The van der Waals surface area contributed by atoms with Crippen LogP contribution < -0.4 is 0 Å². The van der Waals surface area contributed by atoms with Crippen LogP contribution in [0.2, 0.25) is 0 Å². The number of nitrogens with zero attached hydrogens (tertiary/aromatic N) is 2. The lowest BCUT2D eigenvalue weighted by Gasteiger charge is -2.10. The number of rotatable bonds is 5. The molecule has 0 unspecified atom stereocenters. The van der Waals surface area contributed by atoms with Crippen LogP contribution in [0.3, 0.4) is 0 Å². The summed E-state index contributed by atoms with van der Waals surface area (Å²) in [6.45, 7) is 2.13. The third-order valence-corrected chi connectivity index (χ3v) is 5.29. The monoisotopic (exact) mass is 410 g/mol. The molecule has 0 atom stereocenters. The number of hydrogen-bond donors (Lipinski definition) is 0. The smallest absolute Gasteiger partial charge is 0.193 e. The highest BCUT2D eigenvalue weighted by atomic mass is 19.1. The molecule has 0 aliphatic rings. The van der Waals surface area contributed by atoms with Gasteiger partial charge in [0, 0.05) is 16.7 Å². The van der Waals surface area contributed by atoms with E-state index >= 15 is 0 Å². The van der Waals surface area contributed by atoms with Crippen molar-refractivity contribution in [3.8, 4) is 11.6 Å². The standard InChI is InChI=1S/C26H19FN2O2/c1-17-11-14-24(31-17)26-28-22-13-12-19(25(30)18-7-3-2-4-8-18)15-23(22)29(26)16-20-9-5-6-10-21(20)27/h2-15H,16H2,1H3. The zero-order chi connectivity index (χ0) is 21.4. The van der Waals surface area contributed by atoms with Crippen molar-refractivity contribution in [1.82, 2.24) is 9.55 Å². The quantitative estimate of drug-likeness (QED) is 0.333. The summed E-state index contributed by atoms with van der Waals surface area (Å²) in [5, 5.41) is 0. The third kappa shape index (κ3) is 3.55. The lowest BCUT2D eigenvalue weighted by atomic mass is 10.0. The maximum atomic E-state index is 14.4. The Kier molecular flexibility index (Phi) is 4.71. The second-order valence-electron chi connectivity index (χ2n) is 7.42. The summed E-state index contributed by atoms with van der Waals surface area (Å²) in [6, 6.07) is 24.9. The molecule has 0 N–H and O–H groups in total. The lowest BCUT2D eigenvalue weighted by molar-refractivity contribution is 0.103. The summed E-state index contributed by atoms with van der Waals surface area (Å²) in [5.74, 6) is 1.59. The molecule has 5 aromatic rings. The first-order chi connectivity index (χ1) is 15.1. The molecule has 5 rings (SSSR count). The highest BCUT2D eigenvalue weighted by Gasteiger charge is 2.19. The predicted octanol–water partition coefficient (Wildman–Crippen LogP) is 6.02. The first-order valence-electron chi connectivity index (χ1n) is 10.0. The average molecular weight is 410 g/mol. The number of benzene rings is 3. The maximum Gasteiger partial charge on any atom is 0.193 e. The van der Waals surface area contributed by atoms with E-state index in [0.717, 1.165) is 11.3 Å². The maximum absolute atomic E-state index is 14.4. The molecule has 2 heterocycles. The Morgan fingerprint density at radius 3 is 2.45 bits per heavy atom. The van der Waals surface area contributed by atoms with Crippen LogP contribution in [0.1, 0.15) is 27.2 Å². The van der Waals surface area contributed by atoms with Crippen molar-refractivity contribution >= 4 is 16.8 Å². The number of carbonyl (C=O) groups is 1. The van der Waals surface area contributed by atoms with Crippen LogP contribution in [0.5, 0.6) is 0 Å². The van der Waals surface area contributed by atoms with E-state index in [1.165, 1.54) is 6.07 Å². The Morgan fingerprint density at radius 1 is 0.935 bits per heavy atom. The Hall–Kier alpha value is -3.99. The summed E-state index contributed by atoms with van der Waals surface area (Å²) in [5.41, 5.74) is 3.16. The lowest BCUT2D eigenvalue weighted by Crippen LogP contribution is -2.05. The van der Waals surface area contributed by atoms with Gasteiger partial charge in [-0.05, 0) is 43.3 Å². The molecule has 0 spiro atoms. The van der Waals surface area contributed by atoms with Crippen molar-refractivity contribution in [3.05, 3.63) is 113 Å². The number of aryl methyl sites for hydroxylation is 1. The van der Waals surface area contributed by atoms with Gasteiger partial charge in [-0.2, -0.15) is 0 Å². The fourth-order valence-corrected chi connectivity index (χ4v) is 3.72. The van der Waals surface area contributed by atoms with Gasteiger partial charge in [0.1, 0.15) is 11.6 Å². The number of halogens is 1. The molecule has 0 aliphatic carbocycles. The molecular weight excluding hydrogens is 391 g/mol. The van der Waals surface area contributed by atoms with Gasteiger partial charge in [0.2, 0.25) is 0 Å². The SMILES string of the molecule is Cc1ccc(-c2nc3ccc(C(=O)c4ccccc4)cc3n2Cc2ccccc2F)o1. The van der Waals surface area contributed by atoms with Crippen molar-refractivity contribution in [2.24, 2.45) is 0 Å². The highest BCUT2D eigenvalue weighted by Crippen LogP contribution is 2.29. The van der Waals surface area contributed by atoms with E-state index in [-0.39, 0.29) is 18.1 Å². The topological polar surface area (TPSA) is 48.0 Å². The minimum atomic E-state index is -0.289. The van der Waals surface area contributed by atoms with Crippen LogP contribution in [-0.4, -0.2) is 15.3 Å². The van der Waals surface area contributed by atoms with Crippen LogP contribution in [0.4, 0.5) is 4.39 Å². The Balaban J connectivity index is 1.68. The number of carbonyl (C=O) groups excluding carboxylic acids is 1. The molecule has 0 fully saturated rings. The zero-order valence-electron chi connectivity index (χ0n) is 16.9. The van der Waals surface area contributed by atoms with Crippen molar-refractivity contribution in [1.29, 1.82) is 0 Å². The van der Waals surface area contributed by atoms with Crippen molar-refractivity contribution in [3.63, 3.8) is 0 Å². The minimum Gasteiger partial charge on any atom is -0.458 e. The third-order valence-electron chi connectivity index (χ3n) is 5.29. The van der Waals surface area contributed by atoms with Gasteiger partial charge < -0.3 is 8.98 Å². The molecule has 0 saturated carbocycles. The number of fused-ring (bicyclic) bond motifs is 1. The van der Waals surface area contributed by atoms with Gasteiger partial charge in [-0.25, -0.2) is 9.37 Å². The van der Waals surface area contributed by atoms with Gasteiger partial charge in [0.25, 0.3) is 0 Å². The van der Waals surface area contributed by atoms with Gasteiger partial charge in [-0.15, -0.1) is 0 Å². The van der Waals surface area contributed by atoms with Gasteiger partial charge >= 0.3 is 0 Å². The number of furan rings is 1. The second-order valence-corrected chi connectivity index (χ2v) is 7.42. The molecule has 0 amide bonds. The first-order valence-corrected chi connectivity index (χ1v) is 10.0. The molecule has 152 valence electrons. The molecule has 4 nitrogen and oxygen atoms in total. The fraction of sp³-hybridized carbons (Fsp3) is 0.0769. The van der Waals surface area contributed by atoms with E-state index in [4.69, 9.17) is 9.40 Å². The Bertz CT molecular complexity index is 1400. The van der Waals surface area contributed by atoms with Gasteiger partial charge in [-0.3, -0.25) is 4.79 Å². The van der Waals surface area contributed by atoms with E-state index in [1.54, 1.807) is 36.4 Å². The van der Waals surface area contributed by atoms with Gasteiger partial charge in [0.05, 0.1) is 17.6 Å². The Labute approximate surface area is 178 Å². The molecule has 5 heteroatoms. The van der Waals surface area contributed by atoms with Crippen LogP contribution in [0.15, 0.2) is 89.3 Å². The zero-order valence-corrected chi connectivity index (χ0v) is 16.9. The largest absolute Gasteiger partial charge is 0.458 e. The summed E-state index contributed by atoms with van der Waals surface area (Å²) in [4.78, 5) is 17.7. The molecule has 0 bridgehead atoms. The fourth-order valence-electron chi connectivity index (χ4n) is 3.72. The van der Waals surface area contributed by atoms with Crippen LogP contribution >= 0.6 is 0 Å². The van der Waals surface area contributed by atoms with Crippen LogP contribution in [0.25, 0.3) is 22.6 Å². The minimum absolute atomic E-state index is 0.0727. The number of hydrogen-bond acceptors (Lipinski definition) is 3. The van der Waals surface area contributed by atoms with E-state index in [0.29, 0.717) is 33.8 Å². The van der Waals surface area contributed by atoms with E-state index in [9.17, 15) is 9.18 Å². The van der Waals surface area contributed by atoms with Crippen molar-refractivity contribution in [2.45, 2.75) is 13.5 Å². The number of ketones is 1. The van der Waals surface area contributed by atoms with Crippen LogP contribution in [-0.2, 0) is 6.54 Å². The number of imidazole rings is 1. The summed E-state index contributed by atoms with van der Waals surface area (Å²) >= 11 is 0. The van der Waals surface area contributed by atoms with Crippen LogP contribution in [0, 0.1) is 12.7 Å². The number of aromatic nitrogens is 2. The van der Waals surface area contributed by atoms with Crippen molar-refractivity contribution in [2.75, 3.05) is 0 Å². The van der Waals surface area contributed by atoms with Gasteiger partial charge in [0.15, 0.2) is 17.4 Å². The summed E-state index contributed by atoms with van der Waals surface area (Å²) in [6.07, 6.45) is 0. The van der Waals surface area contributed by atoms with E-state index in [1.807, 2.05) is 54.0 Å². The molecule has 0 radical (unpaired) electrons. The summed E-state index contributed by atoms with van der Waals surface area (Å²) < 4.78 is 22.1. The summed E-state index contributed by atoms with van der Waals surface area (Å²) in [7, 11) is 0. The molecule has 0 saturated heterocycles. The highest BCUT2D eigenvalue weighted by molar-refractivity contribution is 6.10. The van der Waals surface area contributed by atoms with E-state index in [2.05, 4.69) is 0 Å². The molecular formula is C26H19FN2O2. The normalized spacial score (nSPS) is 11.2. The molecule has 3 aromatic carbocycles. The van der Waals surface area contributed by atoms with E-state index < -0.39 is 0 Å². The predicted molar refractivity (Wildman–Crippen MR) is 118 cm³/mol. The first kappa shape index (κ1) is 19.0. The molecule has 0 aliphatic heterocycles. The van der Waals surface area contributed by atoms with Gasteiger partial charge in [-0.1, -0.05) is 48.5 Å². The molecule has 31 heavy (non-hydrogen) atoms.